The van der Waals surface area contributed by atoms with Gasteiger partial charge in [-0.3, -0.25) is 9.59 Å². The molecule has 4 nitrogen and oxygen atoms in total. The summed E-state index contributed by atoms with van der Waals surface area (Å²) in [6.45, 7) is 0. The first-order valence-corrected chi connectivity index (χ1v) is 4.93. The summed E-state index contributed by atoms with van der Waals surface area (Å²) >= 11 is 5.63. The first-order valence-electron chi connectivity index (χ1n) is 4.55. The van der Waals surface area contributed by atoms with Gasteiger partial charge in [-0.2, -0.15) is 0 Å². The second-order valence-electron chi connectivity index (χ2n) is 3.11. The molecule has 1 aromatic rings. The number of ether oxygens (including phenoxy) is 1. The average molecular weight is 259 g/mol. The number of halogens is 2. The Morgan fingerprint density at radius 1 is 1.35 bits per heavy atom. The van der Waals surface area contributed by atoms with E-state index in [2.05, 4.69) is 4.74 Å². The van der Waals surface area contributed by atoms with Crippen molar-refractivity contribution in [1.29, 1.82) is 0 Å². The minimum absolute atomic E-state index is 0.104. The minimum Gasteiger partial charge on any atom is -0.463 e. The molecule has 0 fully saturated rings. The number of methoxy groups -OCH3 is 1. The highest BCUT2D eigenvalue weighted by atomic mass is 35.5. The lowest BCUT2D eigenvalue weighted by Gasteiger charge is -2.03. The van der Waals surface area contributed by atoms with E-state index < -0.39 is 35.3 Å². The number of ketones is 2. The van der Waals surface area contributed by atoms with E-state index in [1.165, 1.54) is 12.1 Å². The Hall–Kier alpha value is -1.75. The van der Waals surface area contributed by atoms with Gasteiger partial charge >= 0.3 is 5.97 Å². The maximum atomic E-state index is 13.3. The highest BCUT2D eigenvalue weighted by Crippen LogP contribution is 2.20. The topological polar surface area (TPSA) is 60.4 Å². The highest BCUT2D eigenvalue weighted by Gasteiger charge is 2.23. The average Bonchev–Trinajstić information content (AvgIpc) is 2.27. The number of rotatable bonds is 4. The molecule has 0 aliphatic rings. The predicted molar refractivity (Wildman–Crippen MR) is 57.4 cm³/mol. The highest BCUT2D eigenvalue weighted by molar-refractivity contribution is 6.40. The first-order chi connectivity index (χ1) is 7.97. The molecule has 0 N–H and O–H groups in total. The summed E-state index contributed by atoms with van der Waals surface area (Å²) in [5.74, 6) is -3.88. The molecule has 90 valence electrons. The van der Waals surface area contributed by atoms with Crippen molar-refractivity contribution in [2.24, 2.45) is 0 Å². The molecule has 1 aromatic carbocycles. The second-order valence-corrected chi connectivity index (χ2v) is 3.52. The van der Waals surface area contributed by atoms with Gasteiger partial charge in [0.05, 0.1) is 24.1 Å². The molecule has 0 aromatic heterocycles. The van der Waals surface area contributed by atoms with Crippen molar-refractivity contribution in [1.82, 2.24) is 0 Å². The quantitative estimate of drug-likeness (QED) is 0.358. The maximum Gasteiger partial charge on any atom is 0.374 e. The number of benzene rings is 1. The van der Waals surface area contributed by atoms with Crippen molar-refractivity contribution < 1.29 is 23.5 Å². The molecule has 0 amide bonds. The fourth-order valence-electron chi connectivity index (χ4n) is 1.18. The summed E-state index contributed by atoms with van der Waals surface area (Å²) in [7, 11) is 1.01. The molecular weight excluding hydrogens is 251 g/mol. The van der Waals surface area contributed by atoms with Gasteiger partial charge in [-0.1, -0.05) is 17.7 Å². The van der Waals surface area contributed by atoms with Gasteiger partial charge in [0.1, 0.15) is 5.82 Å². The fraction of sp³-hybridized carbons (Fsp3) is 0.182. The van der Waals surface area contributed by atoms with Gasteiger partial charge in [0, 0.05) is 0 Å². The Morgan fingerprint density at radius 3 is 2.53 bits per heavy atom. The third-order valence-corrected chi connectivity index (χ3v) is 2.29. The lowest BCUT2D eigenvalue weighted by atomic mass is 10.1. The van der Waals surface area contributed by atoms with Gasteiger partial charge in [0.25, 0.3) is 0 Å². The van der Waals surface area contributed by atoms with Gasteiger partial charge in [0.2, 0.25) is 5.78 Å². The zero-order chi connectivity index (χ0) is 13.0. The number of esters is 1. The Balaban J connectivity index is 2.91. The van der Waals surface area contributed by atoms with Crippen LogP contribution in [0.1, 0.15) is 16.8 Å². The molecular formula is C11H8ClFO4. The van der Waals surface area contributed by atoms with E-state index in [4.69, 9.17) is 11.6 Å². The smallest absolute Gasteiger partial charge is 0.374 e. The molecule has 0 heterocycles. The van der Waals surface area contributed by atoms with Crippen LogP contribution < -0.4 is 0 Å². The van der Waals surface area contributed by atoms with Gasteiger partial charge in [-0.15, -0.1) is 0 Å². The van der Waals surface area contributed by atoms with Crippen LogP contribution in [0.4, 0.5) is 4.39 Å². The van der Waals surface area contributed by atoms with E-state index in [0.29, 0.717) is 0 Å². The van der Waals surface area contributed by atoms with Gasteiger partial charge in [-0.25, -0.2) is 9.18 Å². The SMILES string of the molecule is COC(=O)C(=O)CC(=O)c1c(F)cccc1Cl. The molecule has 0 saturated heterocycles. The molecule has 0 radical (unpaired) electrons. The number of carbonyl (C=O) groups excluding carboxylic acids is 3. The molecule has 0 aliphatic carbocycles. The summed E-state index contributed by atoms with van der Waals surface area (Å²) in [6, 6.07) is 3.69. The molecule has 0 saturated carbocycles. The molecule has 6 heteroatoms. The molecule has 0 spiro atoms. The summed E-state index contributed by atoms with van der Waals surface area (Å²) in [6.07, 6.45) is -0.771. The standard InChI is InChI=1S/C11H8ClFO4/c1-17-11(16)9(15)5-8(14)10-6(12)3-2-4-7(10)13/h2-4H,5H2,1H3. The summed E-state index contributed by atoms with van der Waals surface area (Å²) < 4.78 is 17.4. The van der Waals surface area contributed by atoms with Crippen LogP contribution in [-0.4, -0.2) is 24.6 Å². The molecule has 0 unspecified atom stereocenters. The van der Waals surface area contributed by atoms with Crippen LogP contribution in [0.5, 0.6) is 0 Å². The zero-order valence-electron chi connectivity index (χ0n) is 8.83. The minimum atomic E-state index is -1.15. The number of Topliss-reactive ketones (excluding diaryl/α,β-unsaturated/α-hetero) is 2. The monoisotopic (exact) mass is 258 g/mol. The van der Waals surface area contributed by atoms with Crippen molar-refractivity contribution in [3.8, 4) is 0 Å². The van der Waals surface area contributed by atoms with E-state index in [-0.39, 0.29) is 5.02 Å². The van der Waals surface area contributed by atoms with Crippen molar-refractivity contribution in [2.45, 2.75) is 6.42 Å². The lowest BCUT2D eigenvalue weighted by molar-refractivity contribution is -0.151. The molecule has 0 aliphatic heterocycles. The van der Waals surface area contributed by atoms with Crippen LogP contribution >= 0.6 is 11.6 Å². The van der Waals surface area contributed by atoms with E-state index in [0.717, 1.165) is 13.2 Å². The van der Waals surface area contributed by atoms with E-state index >= 15 is 0 Å². The number of hydrogen-bond acceptors (Lipinski definition) is 4. The Kier molecular flexibility index (Phi) is 4.34. The van der Waals surface area contributed by atoms with E-state index in [1.54, 1.807) is 0 Å². The summed E-state index contributed by atoms with van der Waals surface area (Å²) in [5, 5.41) is -0.104. The molecule has 0 atom stereocenters. The number of hydrogen-bond donors (Lipinski definition) is 0. The Labute approximate surface area is 101 Å². The van der Waals surface area contributed by atoms with Crippen molar-refractivity contribution >= 4 is 29.1 Å². The first kappa shape index (κ1) is 13.3. The lowest BCUT2D eigenvalue weighted by Crippen LogP contribution is -2.20. The Bertz CT molecular complexity index is 464. The summed E-state index contributed by atoms with van der Waals surface area (Å²) in [4.78, 5) is 33.5. The van der Waals surface area contributed by atoms with Crippen LogP contribution in [0.15, 0.2) is 18.2 Å². The number of carbonyl (C=O) groups is 3. The second kappa shape index (κ2) is 5.54. The molecule has 17 heavy (non-hydrogen) atoms. The van der Waals surface area contributed by atoms with Gasteiger partial charge in [0.15, 0.2) is 5.78 Å². The third kappa shape index (κ3) is 3.10. The molecule has 0 bridgehead atoms. The fourth-order valence-corrected chi connectivity index (χ4v) is 1.45. The maximum absolute atomic E-state index is 13.3. The third-order valence-electron chi connectivity index (χ3n) is 1.98. The van der Waals surface area contributed by atoms with Crippen LogP contribution in [0.2, 0.25) is 5.02 Å². The van der Waals surface area contributed by atoms with Crippen molar-refractivity contribution in [3.05, 3.63) is 34.6 Å². The van der Waals surface area contributed by atoms with E-state index in [1.807, 2.05) is 0 Å². The van der Waals surface area contributed by atoms with Crippen molar-refractivity contribution in [2.75, 3.05) is 7.11 Å². The van der Waals surface area contributed by atoms with Crippen LogP contribution in [-0.2, 0) is 14.3 Å². The zero-order valence-corrected chi connectivity index (χ0v) is 9.58. The predicted octanol–water partition coefficient (Wildman–Crippen LogP) is 1.79. The summed E-state index contributed by atoms with van der Waals surface area (Å²) in [5.41, 5.74) is -0.397. The van der Waals surface area contributed by atoms with Gasteiger partial charge in [-0.05, 0) is 12.1 Å². The van der Waals surface area contributed by atoms with Crippen LogP contribution in [0.25, 0.3) is 0 Å². The Morgan fingerprint density at radius 2 is 2.00 bits per heavy atom. The van der Waals surface area contributed by atoms with Crippen molar-refractivity contribution in [3.63, 3.8) is 0 Å². The molecule has 1 rings (SSSR count). The largest absolute Gasteiger partial charge is 0.463 e. The normalized spacial score (nSPS) is 9.82. The van der Waals surface area contributed by atoms with E-state index in [9.17, 15) is 18.8 Å². The van der Waals surface area contributed by atoms with Crippen LogP contribution in [0.3, 0.4) is 0 Å². The van der Waals surface area contributed by atoms with Crippen LogP contribution in [0, 0.1) is 5.82 Å². The van der Waals surface area contributed by atoms with Gasteiger partial charge < -0.3 is 4.74 Å².